The normalized spacial score (nSPS) is 11.5. The Hall–Kier alpha value is -1.86. The molecule has 32 heavy (non-hydrogen) atoms. The van der Waals surface area contributed by atoms with Crippen molar-refractivity contribution in [1.82, 2.24) is 14.9 Å². The van der Waals surface area contributed by atoms with Gasteiger partial charge in [-0.05, 0) is 37.2 Å². The number of hydrogen-bond donors (Lipinski definition) is 1. The molecule has 0 saturated carbocycles. The number of benzene rings is 1. The van der Waals surface area contributed by atoms with Crippen LogP contribution in [0.4, 0.5) is 5.69 Å². The van der Waals surface area contributed by atoms with Crippen molar-refractivity contribution in [3.05, 3.63) is 35.4 Å². The second-order valence-corrected chi connectivity index (χ2v) is 8.34. The van der Waals surface area contributed by atoms with Gasteiger partial charge in [0.1, 0.15) is 5.52 Å². The zero-order valence-corrected chi connectivity index (χ0v) is 20.4. The lowest BCUT2D eigenvalue weighted by Gasteiger charge is -2.19. The number of nitrogens with zero attached hydrogens (tertiary/aromatic N) is 3. The highest BCUT2D eigenvalue weighted by molar-refractivity contribution is 6.31. The molecule has 0 spiro atoms. The summed E-state index contributed by atoms with van der Waals surface area (Å²) in [6.07, 6.45) is 2.08. The first-order valence-electron chi connectivity index (χ1n) is 11.3. The van der Waals surface area contributed by atoms with Crippen molar-refractivity contribution in [3.63, 3.8) is 0 Å². The number of fused-ring (bicyclic) bond motifs is 2. The molecule has 0 radical (unpaired) electrons. The molecule has 0 bridgehead atoms. The lowest BCUT2D eigenvalue weighted by atomic mass is 10.1. The Labute approximate surface area is 200 Å². The molecule has 0 saturated heterocycles. The van der Waals surface area contributed by atoms with Crippen LogP contribution in [0.1, 0.15) is 26.7 Å². The fraction of sp³-hybridized carbons (Fsp3) is 0.500. The monoisotopic (exact) mass is 478 g/mol. The molecular formula is C24H32Cl2N4O2. The quantitative estimate of drug-likeness (QED) is 0.184. The molecule has 0 fully saturated rings. The van der Waals surface area contributed by atoms with Crippen molar-refractivity contribution >= 4 is 50.8 Å². The van der Waals surface area contributed by atoms with Gasteiger partial charge in [-0.15, -0.1) is 11.6 Å². The summed E-state index contributed by atoms with van der Waals surface area (Å²) in [5.41, 5.74) is 3.33. The van der Waals surface area contributed by atoms with E-state index in [1.54, 1.807) is 0 Å². The molecule has 8 heteroatoms. The second kappa shape index (κ2) is 13.0. The van der Waals surface area contributed by atoms with Crippen molar-refractivity contribution in [1.29, 1.82) is 0 Å². The predicted octanol–water partition coefficient (Wildman–Crippen LogP) is 5.60. The Balaban J connectivity index is 1.73. The molecule has 0 atom stereocenters. The minimum atomic E-state index is 0.587. The Bertz CT molecular complexity index is 1000. The van der Waals surface area contributed by atoms with E-state index in [-0.39, 0.29) is 0 Å². The maximum Gasteiger partial charge on any atom is 0.213 e. The molecular weight excluding hydrogens is 447 g/mol. The van der Waals surface area contributed by atoms with E-state index in [9.17, 15) is 0 Å². The van der Waals surface area contributed by atoms with E-state index >= 15 is 0 Å². The van der Waals surface area contributed by atoms with Gasteiger partial charge in [0.25, 0.3) is 0 Å². The van der Waals surface area contributed by atoms with Crippen LogP contribution in [0.25, 0.3) is 21.9 Å². The largest absolute Gasteiger partial charge is 0.478 e. The number of halogens is 2. The number of anilines is 1. The van der Waals surface area contributed by atoms with E-state index < -0.39 is 0 Å². The van der Waals surface area contributed by atoms with Gasteiger partial charge in [-0.25, -0.2) is 9.97 Å². The van der Waals surface area contributed by atoms with Gasteiger partial charge in [0, 0.05) is 42.0 Å². The van der Waals surface area contributed by atoms with Crippen molar-refractivity contribution in [2.45, 2.75) is 26.7 Å². The maximum atomic E-state index is 6.21. The molecule has 0 aliphatic carbocycles. The Kier molecular flexibility index (Phi) is 10.1. The molecule has 2 aromatic heterocycles. The van der Waals surface area contributed by atoms with Crippen LogP contribution in [0.3, 0.4) is 0 Å². The number of ether oxygens (including phenoxy) is 2. The lowest BCUT2D eigenvalue weighted by molar-refractivity contribution is 0.115. The molecule has 0 aliphatic rings. The molecule has 0 amide bonds. The number of nitrogens with one attached hydrogen (secondary N) is 1. The SMILES string of the molecule is CCCCOc1ccc2nc3cc(Cl)ccc3c(NCCOCCN(CC)CCCl)c2n1. The van der Waals surface area contributed by atoms with Crippen LogP contribution in [-0.2, 0) is 4.74 Å². The summed E-state index contributed by atoms with van der Waals surface area (Å²) in [5.74, 6) is 1.25. The van der Waals surface area contributed by atoms with E-state index in [1.165, 1.54) is 0 Å². The number of rotatable bonds is 14. The topological polar surface area (TPSA) is 59.5 Å². The summed E-state index contributed by atoms with van der Waals surface area (Å²) in [5, 5.41) is 5.14. The minimum Gasteiger partial charge on any atom is -0.478 e. The van der Waals surface area contributed by atoms with E-state index in [1.807, 2.05) is 30.3 Å². The fourth-order valence-corrected chi connectivity index (χ4v) is 3.85. The Morgan fingerprint density at radius 2 is 1.88 bits per heavy atom. The molecule has 0 aliphatic heterocycles. The molecule has 6 nitrogen and oxygen atoms in total. The molecule has 3 aromatic rings. The number of pyridine rings is 2. The molecule has 1 N–H and O–H groups in total. The van der Waals surface area contributed by atoms with Gasteiger partial charge in [-0.3, -0.25) is 0 Å². The molecule has 3 rings (SSSR count). The zero-order chi connectivity index (χ0) is 22.8. The van der Waals surface area contributed by atoms with E-state index in [0.29, 0.717) is 43.1 Å². The van der Waals surface area contributed by atoms with Crippen LogP contribution in [0.5, 0.6) is 5.88 Å². The van der Waals surface area contributed by atoms with Crippen molar-refractivity contribution < 1.29 is 9.47 Å². The molecule has 0 unspecified atom stereocenters. The highest BCUT2D eigenvalue weighted by atomic mass is 35.5. The van der Waals surface area contributed by atoms with E-state index in [2.05, 4.69) is 24.1 Å². The fourth-order valence-electron chi connectivity index (χ4n) is 3.45. The van der Waals surface area contributed by atoms with Gasteiger partial charge in [-0.1, -0.05) is 31.9 Å². The van der Waals surface area contributed by atoms with Gasteiger partial charge < -0.3 is 19.7 Å². The van der Waals surface area contributed by atoms with E-state index in [4.69, 9.17) is 42.6 Å². The highest BCUT2D eigenvalue weighted by Crippen LogP contribution is 2.32. The number of alkyl halides is 1. The summed E-state index contributed by atoms with van der Waals surface area (Å²) in [6.45, 7) is 9.57. The smallest absolute Gasteiger partial charge is 0.213 e. The molecule has 2 heterocycles. The lowest BCUT2D eigenvalue weighted by Crippen LogP contribution is -2.29. The highest BCUT2D eigenvalue weighted by Gasteiger charge is 2.12. The van der Waals surface area contributed by atoms with Crippen molar-refractivity contribution in [3.8, 4) is 5.88 Å². The van der Waals surface area contributed by atoms with Crippen LogP contribution in [-0.4, -0.2) is 66.7 Å². The third kappa shape index (κ3) is 6.82. The third-order valence-corrected chi connectivity index (χ3v) is 5.66. The molecule has 174 valence electrons. The Morgan fingerprint density at radius 1 is 1.00 bits per heavy atom. The average Bonchev–Trinajstić information content (AvgIpc) is 2.80. The number of likely N-dealkylation sites (N-methyl/N-ethyl adjacent to an activating group) is 1. The summed E-state index contributed by atoms with van der Waals surface area (Å²) in [7, 11) is 0. The number of aromatic nitrogens is 2. The summed E-state index contributed by atoms with van der Waals surface area (Å²) >= 11 is 12.0. The zero-order valence-electron chi connectivity index (χ0n) is 18.9. The van der Waals surface area contributed by atoms with Gasteiger partial charge >= 0.3 is 0 Å². The van der Waals surface area contributed by atoms with Crippen LogP contribution in [0, 0.1) is 0 Å². The standard InChI is InChI=1S/C24H32Cl2N4O2/c1-3-5-14-32-22-9-8-20-24(29-22)23(19-7-6-18(26)17-21(19)28-20)27-11-15-31-16-13-30(4-2)12-10-25/h6-9,17H,3-5,10-16H2,1-2H3,(H,27,28). The van der Waals surface area contributed by atoms with Crippen molar-refractivity contribution in [2.24, 2.45) is 0 Å². The predicted molar refractivity (Wildman–Crippen MR) is 135 cm³/mol. The first-order chi connectivity index (χ1) is 15.7. The van der Waals surface area contributed by atoms with Crippen LogP contribution in [0.2, 0.25) is 5.02 Å². The maximum absolute atomic E-state index is 6.21. The van der Waals surface area contributed by atoms with Gasteiger partial charge in [0.15, 0.2) is 0 Å². The third-order valence-electron chi connectivity index (χ3n) is 5.25. The minimum absolute atomic E-state index is 0.587. The number of unbranched alkanes of at least 4 members (excludes halogenated alkanes) is 1. The number of hydrogen-bond acceptors (Lipinski definition) is 6. The molecule has 1 aromatic carbocycles. The van der Waals surface area contributed by atoms with Gasteiger partial charge in [0.05, 0.1) is 36.5 Å². The average molecular weight is 479 g/mol. The van der Waals surface area contributed by atoms with E-state index in [0.717, 1.165) is 60.1 Å². The van der Waals surface area contributed by atoms with Crippen LogP contribution in [0.15, 0.2) is 30.3 Å². The van der Waals surface area contributed by atoms with Gasteiger partial charge in [-0.2, -0.15) is 0 Å². The Morgan fingerprint density at radius 3 is 2.66 bits per heavy atom. The second-order valence-electron chi connectivity index (χ2n) is 7.53. The summed E-state index contributed by atoms with van der Waals surface area (Å²) in [4.78, 5) is 11.8. The van der Waals surface area contributed by atoms with Crippen molar-refractivity contribution in [2.75, 3.05) is 57.2 Å². The summed E-state index contributed by atoms with van der Waals surface area (Å²) in [6, 6.07) is 9.54. The van der Waals surface area contributed by atoms with Crippen LogP contribution >= 0.6 is 23.2 Å². The van der Waals surface area contributed by atoms with Crippen LogP contribution < -0.4 is 10.1 Å². The first kappa shape index (κ1) is 24.8. The summed E-state index contributed by atoms with van der Waals surface area (Å²) < 4.78 is 11.7. The van der Waals surface area contributed by atoms with Gasteiger partial charge in [0.2, 0.25) is 5.88 Å². The first-order valence-corrected chi connectivity index (χ1v) is 12.2.